The molecule has 1 fully saturated rings. The molecule has 3 N–H and O–H groups in total. The molecule has 1 unspecified atom stereocenters. The standard InChI is InChI=1S/C13H13Cl2FN2O3/c1-13(11(19)20,6-2-3-6)18-12(21)17-10-8(14)4-7(16)5-9(10)15/h4-6H,2-3H2,1H3,(H,19,20)(H2,17,18,21). The molecule has 21 heavy (non-hydrogen) atoms. The van der Waals surface area contributed by atoms with Crippen LogP contribution in [0.5, 0.6) is 0 Å². The second kappa shape index (κ2) is 5.69. The van der Waals surface area contributed by atoms with Gasteiger partial charge in [-0.05, 0) is 37.8 Å². The highest BCUT2D eigenvalue weighted by atomic mass is 35.5. The predicted octanol–water partition coefficient (Wildman–Crippen LogP) is 3.51. The van der Waals surface area contributed by atoms with Crippen LogP contribution in [0.1, 0.15) is 19.8 Å². The van der Waals surface area contributed by atoms with Crippen LogP contribution in [0.4, 0.5) is 14.9 Å². The molecule has 2 amide bonds. The van der Waals surface area contributed by atoms with E-state index in [9.17, 15) is 19.1 Å². The Bertz CT molecular complexity index is 584. The lowest BCUT2D eigenvalue weighted by Crippen LogP contribution is -2.55. The maximum Gasteiger partial charge on any atom is 0.329 e. The topological polar surface area (TPSA) is 78.4 Å². The van der Waals surface area contributed by atoms with Gasteiger partial charge in [0, 0.05) is 0 Å². The molecular formula is C13H13Cl2FN2O3. The van der Waals surface area contributed by atoms with E-state index in [1.807, 2.05) is 0 Å². The number of hydrogen-bond acceptors (Lipinski definition) is 2. The van der Waals surface area contributed by atoms with Crippen molar-refractivity contribution < 1.29 is 19.1 Å². The van der Waals surface area contributed by atoms with E-state index in [-0.39, 0.29) is 21.7 Å². The quantitative estimate of drug-likeness (QED) is 0.788. The summed E-state index contributed by atoms with van der Waals surface area (Å²) in [6.45, 7) is 1.44. The minimum atomic E-state index is -1.36. The number of carboxylic acids is 1. The van der Waals surface area contributed by atoms with Crippen molar-refractivity contribution in [3.63, 3.8) is 0 Å². The highest BCUT2D eigenvalue weighted by molar-refractivity contribution is 6.39. The van der Waals surface area contributed by atoms with Crippen molar-refractivity contribution in [2.24, 2.45) is 5.92 Å². The number of benzene rings is 1. The van der Waals surface area contributed by atoms with Crippen LogP contribution in [0.2, 0.25) is 10.0 Å². The van der Waals surface area contributed by atoms with Crippen molar-refractivity contribution in [1.29, 1.82) is 0 Å². The van der Waals surface area contributed by atoms with Crippen LogP contribution < -0.4 is 10.6 Å². The van der Waals surface area contributed by atoms with Crippen LogP contribution >= 0.6 is 23.2 Å². The number of carbonyl (C=O) groups is 2. The third kappa shape index (κ3) is 3.39. The van der Waals surface area contributed by atoms with E-state index >= 15 is 0 Å². The highest BCUT2D eigenvalue weighted by Crippen LogP contribution is 2.40. The van der Waals surface area contributed by atoms with Crippen LogP contribution in [-0.2, 0) is 4.79 Å². The number of urea groups is 1. The number of halogens is 3. The summed E-state index contributed by atoms with van der Waals surface area (Å²) in [5.41, 5.74) is -1.33. The fraction of sp³-hybridized carbons (Fsp3) is 0.385. The molecule has 8 heteroatoms. The Morgan fingerprint density at radius 1 is 1.33 bits per heavy atom. The molecule has 0 aromatic heterocycles. The van der Waals surface area contributed by atoms with E-state index in [1.165, 1.54) is 6.92 Å². The number of nitrogens with one attached hydrogen (secondary N) is 2. The van der Waals surface area contributed by atoms with Crippen molar-refractivity contribution in [3.8, 4) is 0 Å². The third-order valence-corrected chi connectivity index (χ3v) is 4.05. The molecule has 0 heterocycles. The monoisotopic (exact) mass is 334 g/mol. The lowest BCUT2D eigenvalue weighted by Gasteiger charge is -2.26. The van der Waals surface area contributed by atoms with Gasteiger partial charge in [-0.3, -0.25) is 0 Å². The number of aliphatic carboxylic acids is 1. The van der Waals surface area contributed by atoms with Crippen molar-refractivity contribution in [1.82, 2.24) is 5.32 Å². The van der Waals surface area contributed by atoms with Crippen LogP contribution in [-0.4, -0.2) is 22.6 Å². The van der Waals surface area contributed by atoms with Gasteiger partial charge in [-0.25, -0.2) is 14.0 Å². The lowest BCUT2D eigenvalue weighted by molar-refractivity contribution is -0.144. The van der Waals surface area contributed by atoms with Gasteiger partial charge in [0.2, 0.25) is 0 Å². The number of anilines is 1. The van der Waals surface area contributed by atoms with E-state index in [1.54, 1.807) is 0 Å². The summed E-state index contributed by atoms with van der Waals surface area (Å²) in [6, 6.07) is 1.24. The molecule has 0 aliphatic heterocycles. The summed E-state index contributed by atoms with van der Waals surface area (Å²) in [7, 11) is 0. The maximum absolute atomic E-state index is 13.1. The van der Waals surface area contributed by atoms with E-state index in [2.05, 4.69) is 10.6 Å². The first-order valence-electron chi connectivity index (χ1n) is 6.21. The largest absolute Gasteiger partial charge is 0.480 e. The van der Waals surface area contributed by atoms with Gasteiger partial charge in [-0.2, -0.15) is 0 Å². The number of carbonyl (C=O) groups excluding carboxylic acids is 1. The van der Waals surface area contributed by atoms with Crippen molar-refractivity contribution in [3.05, 3.63) is 28.0 Å². The molecule has 114 valence electrons. The van der Waals surface area contributed by atoms with Gasteiger partial charge in [0.15, 0.2) is 0 Å². The van der Waals surface area contributed by atoms with Crippen LogP contribution in [0, 0.1) is 11.7 Å². The van der Waals surface area contributed by atoms with E-state index in [0.29, 0.717) is 0 Å². The van der Waals surface area contributed by atoms with Gasteiger partial charge in [-0.1, -0.05) is 23.2 Å². The molecule has 0 radical (unpaired) electrons. The Labute approximate surface area is 130 Å². The fourth-order valence-corrected chi connectivity index (χ4v) is 2.59. The summed E-state index contributed by atoms with van der Waals surface area (Å²) in [4.78, 5) is 23.3. The zero-order valence-electron chi connectivity index (χ0n) is 11.0. The van der Waals surface area contributed by atoms with E-state index < -0.39 is 23.4 Å². The number of carboxylic acid groups (broad SMARTS) is 1. The molecule has 1 aromatic carbocycles. The molecule has 1 aliphatic carbocycles. The second-order valence-corrected chi connectivity index (χ2v) is 5.92. The third-order valence-electron chi connectivity index (χ3n) is 3.46. The van der Waals surface area contributed by atoms with Crippen LogP contribution in [0.3, 0.4) is 0 Å². The van der Waals surface area contributed by atoms with E-state index in [0.717, 1.165) is 25.0 Å². The van der Waals surface area contributed by atoms with Crippen molar-refractivity contribution in [2.75, 3.05) is 5.32 Å². The average molecular weight is 335 g/mol. The molecule has 1 atom stereocenters. The van der Waals surface area contributed by atoms with Gasteiger partial charge in [0.25, 0.3) is 0 Å². The van der Waals surface area contributed by atoms with Gasteiger partial charge >= 0.3 is 12.0 Å². The maximum atomic E-state index is 13.1. The van der Waals surface area contributed by atoms with Crippen molar-refractivity contribution >= 4 is 40.9 Å². The molecular weight excluding hydrogens is 322 g/mol. The summed E-state index contributed by atoms with van der Waals surface area (Å²) >= 11 is 11.6. The predicted molar refractivity (Wildman–Crippen MR) is 77.3 cm³/mol. The second-order valence-electron chi connectivity index (χ2n) is 5.11. The average Bonchev–Trinajstić information content (AvgIpc) is 3.17. The minimum absolute atomic E-state index is 0.0285. The molecule has 0 saturated heterocycles. The summed E-state index contributed by atoms with van der Waals surface area (Å²) < 4.78 is 13.1. The van der Waals surface area contributed by atoms with Crippen molar-refractivity contribution in [2.45, 2.75) is 25.3 Å². The Balaban J connectivity index is 2.13. The Kier molecular flexibility index (Phi) is 4.30. The highest BCUT2D eigenvalue weighted by Gasteiger charge is 2.48. The SMILES string of the molecule is CC(NC(=O)Nc1c(Cl)cc(F)cc1Cl)(C(=O)O)C1CC1. The first-order chi connectivity index (χ1) is 9.74. The normalized spacial score (nSPS) is 17.0. The molecule has 0 spiro atoms. The first kappa shape index (κ1) is 15.9. The lowest BCUT2D eigenvalue weighted by atomic mass is 9.96. The minimum Gasteiger partial charge on any atom is -0.480 e. The van der Waals surface area contributed by atoms with Gasteiger partial charge < -0.3 is 15.7 Å². The van der Waals surface area contributed by atoms with Crippen LogP contribution in [0.15, 0.2) is 12.1 Å². The molecule has 1 saturated carbocycles. The Morgan fingerprint density at radius 3 is 2.29 bits per heavy atom. The Morgan fingerprint density at radius 2 is 1.86 bits per heavy atom. The van der Waals surface area contributed by atoms with Crippen LogP contribution in [0.25, 0.3) is 0 Å². The smallest absolute Gasteiger partial charge is 0.329 e. The van der Waals surface area contributed by atoms with Gasteiger partial charge in [0.05, 0.1) is 15.7 Å². The number of hydrogen-bond donors (Lipinski definition) is 3. The first-order valence-corrected chi connectivity index (χ1v) is 6.96. The number of amides is 2. The zero-order chi connectivity index (χ0) is 15.8. The van der Waals surface area contributed by atoms with Gasteiger partial charge in [0.1, 0.15) is 11.4 Å². The molecule has 1 aliphatic rings. The Hall–Kier alpha value is -1.53. The zero-order valence-corrected chi connectivity index (χ0v) is 12.6. The van der Waals surface area contributed by atoms with E-state index in [4.69, 9.17) is 23.2 Å². The number of rotatable bonds is 4. The molecule has 5 nitrogen and oxygen atoms in total. The summed E-state index contributed by atoms with van der Waals surface area (Å²) in [6.07, 6.45) is 1.47. The molecule has 2 rings (SSSR count). The van der Waals surface area contributed by atoms with Gasteiger partial charge in [-0.15, -0.1) is 0 Å². The summed E-state index contributed by atoms with van der Waals surface area (Å²) in [5.74, 6) is -1.86. The molecule has 1 aromatic rings. The fourth-order valence-electron chi connectivity index (χ4n) is 2.03. The summed E-state index contributed by atoms with van der Waals surface area (Å²) in [5, 5.41) is 13.9. The molecule has 0 bridgehead atoms.